The van der Waals surface area contributed by atoms with Gasteiger partial charge in [-0.15, -0.1) is 0 Å². The molecular formula is C14H21Cl2NO. The summed E-state index contributed by atoms with van der Waals surface area (Å²) in [6, 6.07) is 3.43. The van der Waals surface area contributed by atoms with Crippen molar-refractivity contribution in [2.75, 3.05) is 0 Å². The minimum absolute atomic E-state index is 0.235. The van der Waals surface area contributed by atoms with Crippen LogP contribution in [-0.2, 0) is 11.3 Å². The lowest BCUT2D eigenvalue weighted by Crippen LogP contribution is -2.09. The summed E-state index contributed by atoms with van der Waals surface area (Å²) in [6.07, 6.45) is 6.37. The molecule has 0 radical (unpaired) electrons. The van der Waals surface area contributed by atoms with Crippen LogP contribution in [0.25, 0.3) is 0 Å². The second kappa shape index (κ2) is 8.73. The minimum Gasteiger partial charge on any atom is -0.372 e. The number of aromatic nitrogens is 1. The Labute approximate surface area is 120 Å². The lowest BCUT2D eigenvalue weighted by atomic mass is 10.1. The van der Waals surface area contributed by atoms with Crippen molar-refractivity contribution in [3.05, 3.63) is 28.0 Å². The fourth-order valence-corrected chi connectivity index (χ4v) is 2.05. The minimum atomic E-state index is 0.235. The van der Waals surface area contributed by atoms with E-state index in [9.17, 15) is 0 Å². The van der Waals surface area contributed by atoms with E-state index in [1.54, 1.807) is 12.1 Å². The maximum atomic E-state index is 6.02. The number of pyridine rings is 1. The summed E-state index contributed by atoms with van der Waals surface area (Å²) in [5.74, 6) is 0. The average Bonchev–Trinajstić information content (AvgIpc) is 2.36. The summed E-state index contributed by atoms with van der Waals surface area (Å²) in [7, 11) is 0. The first kappa shape index (κ1) is 15.7. The third-order valence-electron chi connectivity index (χ3n) is 2.85. The van der Waals surface area contributed by atoms with Crippen molar-refractivity contribution in [2.45, 2.75) is 58.7 Å². The largest absolute Gasteiger partial charge is 0.372 e. The topological polar surface area (TPSA) is 22.1 Å². The first-order valence-electron chi connectivity index (χ1n) is 6.56. The number of hydrogen-bond donors (Lipinski definition) is 0. The summed E-state index contributed by atoms with van der Waals surface area (Å²) < 4.78 is 5.74. The van der Waals surface area contributed by atoms with Crippen molar-refractivity contribution in [3.63, 3.8) is 0 Å². The van der Waals surface area contributed by atoms with E-state index >= 15 is 0 Å². The summed E-state index contributed by atoms with van der Waals surface area (Å²) in [5, 5.41) is 1.06. The van der Waals surface area contributed by atoms with Crippen LogP contribution >= 0.6 is 23.2 Å². The second-order valence-electron chi connectivity index (χ2n) is 4.53. The number of rotatable bonds is 8. The van der Waals surface area contributed by atoms with Gasteiger partial charge in [-0.05, 0) is 25.5 Å². The van der Waals surface area contributed by atoms with Crippen LogP contribution in [0, 0.1) is 0 Å². The zero-order valence-electron chi connectivity index (χ0n) is 11.1. The van der Waals surface area contributed by atoms with Crippen molar-refractivity contribution in [1.82, 2.24) is 4.98 Å². The lowest BCUT2D eigenvalue weighted by molar-refractivity contribution is 0.0440. The molecule has 1 aromatic heterocycles. The van der Waals surface area contributed by atoms with Crippen molar-refractivity contribution in [1.29, 1.82) is 0 Å². The molecule has 1 rings (SSSR count). The zero-order chi connectivity index (χ0) is 13.4. The third-order valence-corrected chi connectivity index (χ3v) is 3.41. The van der Waals surface area contributed by atoms with Crippen LogP contribution in [0.1, 0.15) is 51.6 Å². The Bertz CT molecular complexity index is 358. The Morgan fingerprint density at radius 3 is 2.72 bits per heavy atom. The highest BCUT2D eigenvalue weighted by atomic mass is 35.5. The molecule has 18 heavy (non-hydrogen) atoms. The number of halogens is 2. The molecule has 102 valence electrons. The summed E-state index contributed by atoms with van der Waals surface area (Å²) in [6.45, 7) is 4.73. The maximum absolute atomic E-state index is 6.02. The van der Waals surface area contributed by atoms with Gasteiger partial charge in [0.1, 0.15) is 5.15 Å². The van der Waals surface area contributed by atoms with Gasteiger partial charge in [-0.3, -0.25) is 0 Å². The van der Waals surface area contributed by atoms with Gasteiger partial charge in [-0.25, -0.2) is 4.98 Å². The maximum Gasteiger partial charge on any atom is 0.129 e. The van der Waals surface area contributed by atoms with E-state index in [0.717, 1.165) is 6.42 Å². The van der Waals surface area contributed by atoms with E-state index < -0.39 is 0 Å². The molecule has 1 aromatic rings. The SMILES string of the molecule is CCCCCCC(C)OCc1nc(Cl)ccc1Cl. The molecule has 0 aromatic carbocycles. The quantitative estimate of drug-likeness (QED) is 0.481. The highest BCUT2D eigenvalue weighted by Crippen LogP contribution is 2.18. The van der Waals surface area contributed by atoms with Gasteiger partial charge in [0.05, 0.1) is 23.4 Å². The van der Waals surface area contributed by atoms with Gasteiger partial charge in [-0.1, -0.05) is 55.8 Å². The van der Waals surface area contributed by atoms with Crippen LogP contribution < -0.4 is 0 Å². The number of nitrogens with zero attached hydrogens (tertiary/aromatic N) is 1. The fraction of sp³-hybridized carbons (Fsp3) is 0.643. The molecule has 0 spiro atoms. The Morgan fingerprint density at radius 2 is 2.00 bits per heavy atom. The predicted octanol–water partition coefficient (Wildman–Crippen LogP) is 5.26. The lowest BCUT2D eigenvalue weighted by Gasteiger charge is -2.13. The van der Waals surface area contributed by atoms with E-state index in [2.05, 4.69) is 18.8 Å². The molecule has 4 heteroatoms. The van der Waals surface area contributed by atoms with Gasteiger partial charge in [-0.2, -0.15) is 0 Å². The van der Waals surface area contributed by atoms with Crippen molar-refractivity contribution >= 4 is 23.2 Å². The smallest absolute Gasteiger partial charge is 0.129 e. The molecule has 0 saturated heterocycles. The Hall–Kier alpha value is -0.310. The molecule has 0 saturated carbocycles. The van der Waals surface area contributed by atoms with Gasteiger partial charge in [0.15, 0.2) is 0 Å². The van der Waals surface area contributed by atoms with Gasteiger partial charge >= 0.3 is 0 Å². The predicted molar refractivity (Wildman–Crippen MR) is 77.3 cm³/mol. The molecule has 1 heterocycles. The molecule has 0 aliphatic heterocycles. The van der Waals surface area contributed by atoms with Gasteiger partial charge in [0.25, 0.3) is 0 Å². The Balaban J connectivity index is 2.29. The van der Waals surface area contributed by atoms with Gasteiger partial charge in [0, 0.05) is 0 Å². The van der Waals surface area contributed by atoms with E-state index in [1.165, 1.54) is 25.7 Å². The molecule has 0 N–H and O–H groups in total. The van der Waals surface area contributed by atoms with Crippen LogP contribution in [0.15, 0.2) is 12.1 Å². The molecule has 0 aliphatic rings. The van der Waals surface area contributed by atoms with Crippen molar-refractivity contribution < 1.29 is 4.74 Å². The standard InChI is InChI=1S/C14H21Cl2NO/c1-3-4-5-6-7-11(2)18-10-13-12(15)8-9-14(16)17-13/h8-9,11H,3-7,10H2,1-2H3. The van der Waals surface area contributed by atoms with Gasteiger partial charge < -0.3 is 4.74 Å². The van der Waals surface area contributed by atoms with E-state index in [-0.39, 0.29) is 6.10 Å². The monoisotopic (exact) mass is 289 g/mol. The highest BCUT2D eigenvalue weighted by molar-refractivity contribution is 6.32. The number of ether oxygens (including phenoxy) is 1. The van der Waals surface area contributed by atoms with Crippen LogP contribution in [0.4, 0.5) is 0 Å². The zero-order valence-corrected chi connectivity index (χ0v) is 12.6. The molecule has 0 fully saturated rings. The van der Waals surface area contributed by atoms with E-state index in [0.29, 0.717) is 22.5 Å². The van der Waals surface area contributed by atoms with Crippen LogP contribution in [0.3, 0.4) is 0 Å². The molecule has 0 aliphatic carbocycles. The van der Waals surface area contributed by atoms with E-state index in [1.807, 2.05) is 0 Å². The van der Waals surface area contributed by atoms with Crippen LogP contribution in [-0.4, -0.2) is 11.1 Å². The molecule has 0 amide bonds. The Kier molecular flexibility index (Phi) is 7.64. The molecule has 1 atom stereocenters. The number of unbranched alkanes of at least 4 members (excludes halogenated alkanes) is 3. The average molecular weight is 290 g/mol. The first-order chi connectivity index (χ1) is 8.63. The molecule has 1 unspecified atom stereocenters. The van der Waals surface area contributed by atoms with Gasteiger partial charge in [0.2, 0.25) is 0 Å². The van der Waals surface area contributed by atoms with E-state index in [4.69, 9.17) is 27.9 Å². The third kappa shape index (κ3) is 6.03. The summed E-state index contributed by atoms with van der Waals surface area (Å²) in [4.78, 5) is 4.16. The highest BCUT2D eigenvalue weighted by Gasteiger charge is 2.07. The van der Waals surface area contributed by atoms with Crippen LogP contribution in [0.2, 0.25) is 10.2 Å². The first-order valence-corrected chi connectivity index (χ1v) is 7.31. The summed E-state index contributed by atoms with van der Waals surface area (Å²) in [5.41, 5.74) is 0.713. The molecule has 0 bridgehead atoms. The van der Waals surface area contributed by atoms with Crippen LogP contribution in [0.5, 0.6) is 0 Å². The normalized spacial score (nSPS) is 12.7. The van der Waals surface area contributed by atoms with Crippen molar-refractivity contribution in [3.8, 4) is 0 Å². The fourth-order valence-electron chi connectivity index (χ4n) is 1.72. The molecule has 2 nitrogen and oxygen atoms in total. The Morgan fingerprint density at radius 1 is 1.22 bits per heavy atom. The van der Waals surface area contributed by atoms with Crippen molar-refractivity contribution in [2.24, 2.45) is 0 Å². The molecular weight excluding hydrogens is 269 g/mol. The second-order valence-corrected chi connectivity index (χ2v) is 5.33. The number of hydrogen-bond acceptors (Lipinski definition) is 2. The summed E-state index contributed by atoms with van der Waals surface area (Å²) >= 11 is 11.8.